The fourth-order valence-electron chi connectivity index (χ4n) is 2.75. The molecule has 0 saturated heterocycles. The van der Waals surface area contributed by atoms with Gasteiger partial charge in [0.1, 0.15) is 0 Å². The molecule has 1 fully saturated rings. The number of aliphatic hydroxyl groups excluding tert-OH is 3. The van der Waals surface area contributed by atoms with Crippen molar-refractivity contribution >= 4 is 11.8 Å². The predicted molar refractivity (Wildman–Crippen MR) is 70.1 cm³/mol. The number of fused-ring (bicyclic) bond motifs is 1. The van der Waals surface area contributed by atoms with E-state index in [0.717, 1.165) is 12.0 Å². The van der Waals surface area contributed by atoms with Crippen molar-refractivity contribution in [1.29, 1.82) is 0 Å². The van der Waals surface area contributed by atoms with Gasteiger partial charge in [-0.25, -0.2) is 0 Å². The highest BCUT2D eigenvalue weighted by atomic mass is 16.3. The highest BCUT2D eigenvalue weighted by Gasteiger charge is 2.46. The molecule has 3 rings (SSSR count). The molecule has 108 valence electrons. The molecule has 0 radical (unpaired) electrons. The molecule has 0 aromatic heterocycles. The van der Waals surface area contributed by atoms with Crippen LogP contribution >= 0.6 is 0 Å². The maximum atomic E-state index is 12.2. The third-order valence-electron chi connectivity index (χ3n) is 3.63. The normalized spacial score (nSPS) is 28.2. The van der Waals surface area contributed by atoms with Gasteiger partial charge in [0, 0.05) is 13.5 Å². The largest absolute Gasteiger partial charge is 0.400 e. The van der Waals surface area contributed by atoms with E-state index in [1.54, 1.807) is 24.3 Å². The van der Waals surface area contributed by atoms with Gasteiger partial charge in [0.15, 0.2) is 0 Å². The van der Waals surface area contributed by atoms with Crippen molar-refractivity contribution in [2.24, 2.45) is 0 Å². The maximum absolute atomic E-state index is 12.2. The third-order valence-corrected chi connectivity index (χ3v) is 3.63. The second kappa shape index (κ2) is 5.70. The first-order valence-electron chi connectivity index (χ1n) is 6.37. The maximum Gasteiger partial charge on any atom is 0.261 e. The number of carbonyl (C=O) groups excluding carboxylic acids is 2. The Morgan fingerprint density at radius 2 is 1.50 bits per heavy atom. The van der Waals surface area contributed by atoms with Crippen LogP contribution in [0.3, 0.4) is 0 Å². The molecule has 1 saturated carbocycles. The Kier molecular flexibility index (Phi) is 4.17. The quantitative estimate of drug-likeness (QED) is 0.617. The van der Waals surface area contributed by atoms with Crippen LogP contribution in [0.5, 0.6) is 0 Å². The van der Waals surface area contributed by atoms with Gasteiger partial charge in [-0.3, -0.25) is 14.5 Å². The van der Waals surface area contributed by atoms with Crippen molar-refractivity contribution in [2.75, 3.05) is 7.11 Å². The first kappa shape index (κ1) is 14.6. The molecule has 1 aromatic rings. The van der Waals surface area contributed by atoms with Crippen LogP contribution < -0.4 is 0 Å². The summed E-state index contributed by atoms with van der Waals surface area (Å²) >= 11 is 0. The van der Waals surface area contributed by atoms with Crippen LogP contribution in [0.4, 0.5) is 0 Å². The number of hydrogen-bond donors (Lipinski definition) is 3. The Bertz CT molecular complexity index is 495. The summed E-state index contributed by atoms with van der Waals surface area (Å²) in [7, 11) is 1.00. The molecule has 2 unspecified atom stereocenters. The lowest BCUT2D eigenvalue weighted by Crippen LogP contribution is -2.44. The van der Waals surface area contributed by atoms with Gasteiger partial charge in [-0.2, -0.15) is 0 Å². The van der Waals surface area contributed by atoms with E-state index in [2.05, 4.69) is 0 Å². The minimum absolute atomic E-state index is 0.206. The average molecular weight is 279 g/mol. The summed E-state index contributed by atoms with van der Waals surface area (Å²) in [4.78, 5) is 25.4. The molecule has 6 nitrogen and oxygen atoms in total. The number of carbonyl (C=O) groups is 2. The van der Waals surface area contributed by atoms with Crippen molar-refractivity contribution in [3.8, 4) is 0 Å². The molecule has 1 aliphatic carbocycles. The van der Waals surface area contributed by atoms with E-state index in [4.69, 9.17) is 5.11 Å². The Labute approximate surface area is 116 Å². The van der Waals surface area contributed by atoms with Gasteiger partial charge >= 0.3 is 0 Å². The highest BCUT2D eigenvalue weighted by Crippen LogP contribution is 2.31. The highest BCUT2D eigenvalue weighted by molar-refractivity contribution is 6.21. The van der Waals surface area contributed by atoms with Crippen molar-refractivity contribution in [1.82, 2.24) is 4.90 Å². The Morgan fingerprint density at radius 1 is 1.00 bits per heavy atom. The topological polar surface area (TPSA) is 98.1 Å². The van der Waals surface area contributed by atoms with Crippen molar-refractivity contribution in [3.63, 3.8) is 0 Å². The fourth-order valence-corrected chi connectivity index (χ4v) is 2.75. The van der Waals surface area contributed by atoms with Gasteiger partial charge in [0.25, 0.3) is 11.8 Å². The molecule has 0 spiro atoms. The average Bonchev–Trinajstić information content (AvgIpc) is 2.91. The lowest BCUT2D eigenvalue weighted by molar-refractivity contribution is 0.0416. The SMILES string of the molecule is CO.O=C1c2ccccc2C(=O)N1C1CC(O)C[C@H]1O. The zero-order valence-corrected chi connectivity index (χ0v) is 11.1. The van der Waals surface area contributed by atoms with E-state index in [1.165, 1.54) is 0 Å². The Morgan fingerprint density at radius 3 is 1.90 bits per heavy atom. The number of hydrogen-bond acceptors (Lipinski definition) is 5. The summed E-state index contributed by atoms with van der Waals surface area (Å²) in [6, 6.07) is 5.99. The standard InChI is InChI=1S/C13H13NO4.CH4O/c15-7-5-10(11(16)6-7)14-12(17)8-3-1-2-4-9(8)13(14)18;1-2/h1-4,7,10-11,15-16H,5-6H2;2H,1H3/t7?,10?,11-;/m1./s1. The molecule has 1 aliphatic heterocycles. The van der Waals surface area contributed by atoms with E-state index in [-0.39, 0.29) is 24.7 Å². The summed E-state index contributed by atoms with van der Waals surface area (Å²) in [5.41, 5.74) is 0.743. The van der Waals surface area contributed by atoms with Crippen LogP contribution in [0.1, 0.15) is 33.6 Å². The Balaban J connectivity index is 0.000000704. The summed E-state index contributed by atoms with van der Waals surface area (Å²) in [6.45, 7) is 0. The first-order valence-corrected chi connectivity index (χ1v) is 6.37. The number of amides is 2. The summed E-state index contributed by atoms with van der Waals surface area (Å²) in [5.74, 6) is -0.762. The minimum atomic E-state index is -0.845. The van der Waals surface area contributed by atoms with Crippen molar-refractivity contribution < 1.29 is 24.9 Å². The van der Waals surface area contributed by atoms with Crippen LogP contribution in [-0.2, 0) is 0 Å². The third kappa shape index (κ3) is 2.22. The second-order valence-electron chi connectivity index (χ2n) is 4.79. The molecule has 1 aromatic carbocycles. The van der Waals surface area contributed by atoms with E-state index < -0.39 is 18.2 Å². The molecule has 6 heteroatoms. The summed E-state index contributed by atoms with van der Waals surface area (Å²) in [6.07, 6.45) is -1.05. The van der Waals surface area contributed by atoms with Gasteiger partial charge in [0.2, 0.25) is 0 Å². The Hall–Kier alpha value is -1.76. The zero-order valence-electron chi connectivity index (χ0n) is 11.1. The molecular formula is C14H17NO5. The summed E-state index contributed by atoms with van der Waals surface area (Å²) < 4.78 is 0. The van der Waals surface area contributed by atoms with E-state index >= 15 is 0 Å². The number of benzene rings is 1. The van der Waals surface area contributed by atoms with Crippen molar-refractivity contribution in [3.05, 3.63) is 35.4 Å². The van der Waals surface area contributed by atoms with Crippen LogP contribution in [-0.4, -0.2) is 57.4 Å². The number of rotatable bonds is 1. The van der Waals surface area contributed by atoms with E-state index in [0.29, 0.717) is 11.1 Å². The van der Waals surface area contributed by atoms with Gasteiger partial charge in [0.05, 0.1) is 29.4 Å². The molecule has 0 bridgehead atoms. The summed E-state index contributed by atoms with van der Waals surface area (Å²) in [5, 5.41) is 26.3. The molecule has 20 heavy (non-hydrogen) atoms. The minimum Gasteiger partial charge on any atom is -0.400 e. The monoisotopic (exact) mass is 279 g/mol. The molecule has 3 N–H and O–H groups in total. The second-order valence-corrected chi connectivity index (χ2v) is 4.79. The van der Waals surface area contributed by atoms with Gasteiger partial charge in [-0.15, -0.1) is 0 Å². The van der Waals surface area contributed by atoms with Crippen LogP contribution in [0, 0.1) is 0 Å². The smallest absolute Gasteiger partial charge is 0.261 e. The van der Waals surface area contributed by atoms with Gasteiger partial charge in [-0.05, 0) is 18.6 Å². The first-order chi connectivity index (χ1) is 9.59. The fraction of sp³-hybridized carbons (Fsp3) is 0.429. The van der Waals surface area contributed by atoms with Crippen molar-refractivity contribution in [2.45, 2.75) is 31.1 Å². The van der Waals surface area contributed by atoms with E-state index in [1.807, 2.05) is 0 Å². The van der Waals surface area contributed by atoms with Gasteiger partial charge in [-0.1, -0.05) is 12.1 Å². The van der Waals surface area contributed by atoms with Crippen LogP contribution in [0.2, 0.25) is 0 Å². The number of aliphatic hydroxyl groups is 3. The molecule has 3 atom stereocenters. The molecule has 1 heterocycles. The molecule has 2 aliphatic rings. The molecular weight excluding hydrogens is 262 g/mol. The lowest BCUT2D eigenvalue weighted by atomic mass is 10.1. The predicted octanol–water partition coefficient (Wildman–Crippen LogP) is -0.225. The van der Waals surface area contributed by atoms with Gasteiger partial charge < -0.3 is 15.3 Å². The van der Waals surface area contributed by atoms with Crippen LogP contribution in [0.15, 0.2) is 24.3 Å². The lowest BCUT2D eigenvalue weighted by Gasteiger charge is -2.24. The number of imide groups is 1. The number of nitrogens with zero attached hydrogens (tertiary/aromatic N) is 1. The zero-order chi connectivity index (χ0) is 14.9. The molecule has 2 amide bonds. The van der Waals surface area contributed by atoms with E-state index in [9.17, 15) is 19.8 Å². The van der Waals surface area contributed by atoms with Crippen LogP contribution in [0.25, 0.3) is 0 Å².